The van der Waals surface area contributed by atoms with Gasteiger partial charge in [-0.15, -0.1) is 0 Å². The van der Waals surface area contributed by atoms with E-state index in [1.54, 1.807) is 12.1 Å². The number of ketones is 1. The quantitative estimate of drug-likeness (QED) is 0.691. The highest BCUT2D eigenvalue weighted by molar-refractivity contribution is 9.10. The SMILES string of the molecule is O=C(CC1CCCc2ccccc21)c1cc(Br)ccc1F. The van der Waals surface area contributed by atoms with Gasteiger partial charge >= 0.3 is 0 Å². The number of Topliss-reactive ketones (excluding diaryl/α,β-unsaturated/α-hetero) is 1. The number of rotatable bonds is 3. The van der Waals surface area contributed by atoms with Crippen LogP contribution in [0.2, 0.25) is 0 Å². The molecule has 0 saturated heterocycles. The standard InChI is InChI=1S/C18H16BrFO/c19-14-8-9-17(20)16(11-14)18(21)10-13-6-3-5-12-4-1-2-7-15(12)13/h1-2,4,7-9,11,13H,3,5-6,10H2. The third-order valence-corrected chi connectivity index (χ3v) is 4.65. The number of carbonyl (C=O) groups is 1. The summed E-state index contributed by atoms with van der Waals surface area (Å²) in [6.45, 7) is 0. The molecule has 2 aromatic rings. The smallest absolute Gasteiger partial charge is 0.166 e. The van der Waals surface area contributed by atoms with Crippen LogP contribution in [0, 0.1) is 5.82 Å². The van der Waals surface area contributed by atoms with E-state index in [2.05, 4.69) is 28.1 Å². The number of halogens is 2. The predicted octanol–water partition coefficient (Wildman–Crippen LogP) is 5.28. The molecule has 1 aliphatic rings. The largest absolute Gasteiger partial charge is 0.294 e. The summed E-state index contributed by atoms with van der Waals surface area (Å²) in [6.07, 6.45) is 3.55. The van der Waals surface area contributed by atoms with Gasteiger partial charge in [-0.3, -0.25) is 4.79 Å². The van der Waals surface area contributed by atoms with Crippen LogP contribution in [0.4, 0.5) is 4.39 Å². The summed E-state index contributed by atoms with van der Waals surface area (Å²) in [5.41, 5.74) is 2.77. The lowest BCUT2D eigenvalue weighted by molar-refractivity contribution is 0.0967. The Balaban J connectivity index is 1.84. The lowest BCUT2D eigenvalue weighted by Gasteiger charge is -2.25. The van der Waals surface area contributed by atoms with Gasteiger partial charge in [-0.05, 0) is 54.5 Å². The maximum absolute atomic E-state index is 13.8. The van der Waals surface area contributed by atoms with Crippen molar-refractivity contribution in [2.24, 2.45) is 0 Å². The van der Waals surface area contributed by atoms with Gasteiger partial charge < -0.3 is 0 Å². The highest BCUT2D eigenvalue weighted by Gasteiger charge is 2.24. The average Bonchev–Trinajstić information content (AvgIpc) is 2.50. The molecule has 1 aliphatic carbocycles. The van der Waals surface area contributed by atoms with Crippen LogP contribution in [0.25, 0.3) is 0 Å². The first-order valence-electron chi connectivity index (χ1n) is 7.21. The molecule has 0 N–H and O–H groups in total. The summed E-state index contributed by atoms with van der Waals surface area (Å²) in [6, 6.07) is 12.8. The third kappa shape index (κ3) is 3.08. The molecule has 0 fully saturated rings. The molecule has 0 saturated carbocycles. The fourth-order valence-electron chi connectivity index (χ4n) is 3.11. The third-order valence-electron chi connectivity index (χ3n) is 4.15. The highest BCUT2D eigenvalue weighted by atomic mass is 79.9. The molecule has 1 nitrogen and oxygen atoms in total. The number of benzene rings is 2. The van der Waals surface area contributed by atoms with Gasteiger partial charge in [-0.25, -0.2) is 4.39 Å². The molecule has 0 bridgehead atoms. The summed E-state index contributed by atoms with van der Waals surface area (Å²) < 4.78 is 14.6. The Morgan fingerprint density at radius 3 is 2.90 bits per heavy atom. The van der Waals surface area contributed by atoms with Crippen molar-refractivity contribution in [2.75, 3.05) is 0 Å². The number of hydrogen-bond donors (Lipinski definition) is 0. The Morgan fingerprint density at radius 1 is 1.24 bits per heavy atom. The fraction of sp³-hybridized carbons (Fsp3) is 0.278. The van der Waals surface area contributed by atoms with Gasteiger partial charge in [0.25, 0.3) is 0 Å². The summed E-state index contributed by atoms with van der Waals surface area (Å²) in [7, 11) is 0. The van der Waals surface area contributed by atoms with Gasteiger partial charge in [0, 0.05) is 10.9 Å². The van der Waals surface area contributed by atoms with E-state index in [-0.39, 0.29) is 17.3 Å². The molecule has 0 spiro atoms. The van der Waals surface area contributed by atoms with Gasteiger partial charge in [0.15, 0.2) is 5.78 Å². The fourth-order valence-corrected chi connectivity index (χ4v) is 3.47. The van der Waals surface area contributed by atoms with Crippen LogP contribution in [0.5, 0.6) is 0 Å². The van der Waals surface area contributed by atoms with Crippen molar-refractivity contribution in [1.82, 2.24) is 0 Å². The molecule has 0 heterocycles. The molecule has 3 rings (SSSR count). The first kappa shape index (κ1) is 14.5. The van der Waals surface area contributed by atoms with Crippen molar-refractivity contribution in [3.8, 4) is 0 Å². The molecule has 3 heteroatoms. The minimum absolute atomic E-state index is 0.115. The normalized spacial score (nSPS) is 17.3. The van der Waals surface area contributed by atoms with Crippen molar-refractivity contribution in [2.45, 2.75) is 31.6 Å². The Bertz CT molecular complexity index is 681. The van der Waals surface area contributed by atoms with Crippen LogP contribution < -0.4 is 0 Å². The van der Waals surface area contributed by atoms with E-state index < -0.39 is 5.82 Å². The number of hydrogen-bond acceptors (Lipinski definition) is 1. The Kier molecular flexibility index (Phi) is 4.20. The minimum Gasteiger partial charge on any atom is -0.294 e. The zero-order valence-corrected chi connectivity index (χ0v) is 13.2. The van der Waals surface area contributed by atoms with Crippen LogP contribution in [0.15, 0.2) is 46.9 Å². The van der Waals surface area contributed by atoms with Gasteiger partial charge in [-0.1, -0.05) is 40.2 Å². The molecule has 0 radical (unpaired) electrons. The molecule has 1 atom stereocenters. The molecular weight excluding hydrogens is 331 g/mol. The van der Waals surface area contributed by atoms with Crippen LogP contribution in [-0.4, -0.2) is 5.78 Å². The van der Waals surface area contributed by atoms with E-state index in [9.17, 15) is 9.18 Å². The van der Waals surface area contributed by atoms with E-state index in [0.29, 0.717) is 6.42 Å². The van der Waals surface area contributed by atoms with Gasteiger partial charge in [0.2, 0.25) is 0 Å². The van der Waals surface area contributed by atoms with Crippen molar-refractivity contribution in [3.05, 3.63) is 69.4 Å². The minimum atomic E-state index is -0.438. The molecule has 0 aliphatic heterocycles. The van der Waals surface area contributed by atoms with E-state index in [1.165, 1.54) is 17.2 Å². The van der Waals surface area contributed by atoms with Crippen LogP contribution in [0.3, 0.4) is 0 Å². The van der Waals surface area contributed by atoms with Gasteiger partial charge in [0.1, 0.15) is 5.82 Å². The van der Waals surface area contributed by atoms with E-state index in [4.69, 9.17) is 0 Å². The van der Waals surface area contributed by atoms with Crippen molar-refractivity contribution < 1.29 is 9.18 Å². The van der Waals surface area contributed by atoms with Crippen LogP contribution >= 0.6 is 15.9 Å². The van der Waals surface area contributed by atoms with Gasteiger partial charge in [-0.2, -0.15) is 0 Å². The van der Waals surface area contributed by atoms with E-state index in [1.807, 2.05) is 12.1 Å². The average molecular weight is 347 g/mol. The Labute approximate surface area is 132 Å². The molecule has 2 aromatic carbocycles. The summed E-state index contributed by atoms with van der Waals surface area (Å²) in [5.74, 6) is -0.344. The molecule has 21 heavy (non-hydrogen) atoms. The Morgan fingerprint density at radius 2 is 2.05 bits per heavy atom. The predicted molar refractivity (Wildman–Crippen MR) is 85.2 cm³/mol. The molecule has 0 aromatic heterocycles. The first-order chi connectivity index (χ1) is 10.1. The topological polar surface area (TPSA) is 17.1 Å². The second-order valence-electron chi connectivity index (χ2n) is 5.54. The maximum atomic E-state index is 13.8. The zero-order valence-electron chi connectivity index (χ0n) is 11.6. The van der Waals surface area contributed by atoms with Crippen molar-refractivity contribution >= 4 is 21.7 Å². The zero-order chi connectivity index (χ0) is 14.8. The van der Waals surface area contributed by atoms with Crippen molar-refractivity contribution in [1.29, 1.82) is 0 Å². The van der Waals surface area contributed by atoms with Crippen molar-refractivity contribution in [3.63, 3.8) is 0 Å². The van der Waals surface area contributed by atoms with Crippen LogP contribution in [0.1, 0.15) is 46.7 Å². The number of fused-ring (bicyclic) bond motifs is 1. The number of aryl methyl sites for hydroxylation is 1. The monoisotopic (exact) mass is 346 g/mol. The highest BCUT2D eigenvalue weighted by Crippen LogP contribution is 2.35. The first-order valence-corrected chi connectivity index (χ1v) is 8.00. The second-order valence-corrected chi connectivity index (χ2v) is 6.46. The number of carbonyl (C=O) groups excluding carboxylic acids is 1. The van der Waals surface area contributed by atoms with E-state index in [0.717, 1.165) is 23.7 Å². The van der Waals surface area contributed by atoms with E-state index >= 15 is 0 Å². The lowest BCUT2D eigenvalue weighted by atomic mass is 9.79. The summed E-state index contributed by atoms with van der Waals surface area (Å²) >= 11 is 3.30. The summed E-state index contributed by atoms with van der Waals surface area (Å²) in [4.78, 5) is 12.4. The maximum Gasteiger partial charge on any atom is 0.166 e. The molecule has 1 unspecified atom stereocenters. The second kappa shape index (κ2) is 6.10. The molecular formula is C18H16BrFO. The lowest BCUT2D eigenvalue weighted by Crippen LogP contribution is -2.14. The Hall–Kier alpha value is -1.48. The summed E-state index contributed by atoms with van der Waals surface area (Å²) in [5, 5.41) is 0. The molecule has 0 amide bonds. The van der Waals surface area contributed by atoms with Gasteiger partial charge in [0.05, 0.1) is 5.56 Å². The van der Waals surface area contributed by atoms with Crippen LogP contribution in [-0.2, 0) is 6.42 Å². The molecule has 108 valence electrons.